The maximum Gasteiger partial charge on any atom is 0.338 e. The number of benzene rings is 2. The lowest BCUT2D eigenvalue weighted by atomic mass is 9.93. The molecule has 0 saturated carbocycles. The Hall–Kier alpha value is -3.59. The van der Waals surface area contributed by atoms with E-state index >= 15 is 0 Å². The van der Waals surface area contributed by atoms with E-state index in [0.717, 1.165) is 15.7 Å². The van der Waals surface area contributed by atoms with Crippen LogP contribution in [0.25, 0.3) is 16.9 Å². The summed E-state index contributed by atoms with van der Waals surface area (Å²) in [7, 11) is 1.60. The van der Waals surface area contributed by atoms with Crippen LogP contribution in [0.15, 0.2) is 70.5 Å². The average molecular weight is 525 g/mol. The van der Waals surface area contributed by atoms with Gasteiger partial charge in [0.05, 0.1) is 40.7 Å². The van der Waals surface area contributed by atoms with Crippen molar-refractivity contribution in [3.05, 3.63) is 76.0 Å². The molecule has 0 unspecified atom stereocenters. The topological polar surface area (TPSA) is 94.5 Å². The summed E-state index contributed by atoms with van der Waals surface area (Å²) in [4.78, 5) is 25.5. The van der Waals surface area contributed by atoms with Gasteiger partial charge in [0.25, 0.3) is 0 Å². The van der Waals surface area contributed by atoms with Gasteiger partial charge >= 0.3 is 12.0 Å². The summed E-state index contributed by atoms with van der Waals surface area (Å²) < 4.78 is 13.3. The zero-order valence-electron chi connectivity index (χ0n) is 19.3. The average Bonchev–Trinajstić information content (AvgIpc) is 3.24. The second kappa shape index (κ2) is 9.72. The summed E-state index contributed by atoms with van der Waals surface area (Å²) in [5, 5.41) is 10.4. The number of esters is 1. The first kappa shape index (κ1) is 23.6. The van der Waals surface area contributed by atoms with Crippen molar-refractivity contribution in [2.45, 2.75) is 32.9 Å². The second-order valence-electron chi connectivity index (χ2n) is 8.09. The van der Waals surface area contributed by atoms with Crippen molar-refractivity contribution < 1.29 is 19.1 Å². The van der Waals surface area contributed by atoms with Crippen LogP contribution in [0.1, 0.15) is 32.4 Å². The standard InChI is InChI=1S/C25H25BrN4O4/c1-14(2)34-24(31)21-15(3)27-25(32)28-23(21)18-13-30(17-8-6-5-7-9-17)29-22(18)16-10-11-20(33-4)19(26)12-16/h5-14,23H,1-4H3,(H2,27,28,32)/t23-/m1/s1. The molecule has 2 N–H and O–H groups in total. The van der Waals surface area contributed by atoms with Crippen molar-refractivity contribution in [1.82, 2.24) is 20.4 Å². The molecule has 2 aromatic carbocycles. The van der Waals surface area contributed by atoms with E-state index < -0.39 is 18.0 Å². The largest absolute Gasteiger partial charge is 0.496 e. The number of hydrogen-bond donors (Lipinski definition) is 2. The van der Waals surface area contributed by atoms with E-state index in [1.807, 2.05) is 54.7 Å². The van der Waals surface area contributed by atoms with Gasteiger partial charge in [-0.3, -0.25) is 0 Å². The molecule has 9 heteroatoms. The summed E-state index contributed by atoms with van der Waals surface area (Å²) in [6.07, 6.45) is 1.52. The van der Waals surface area contributed by atoms with Gasteiger partial charge in [-0.2, -0.15) is 5.10 Å². The Kier molecular flexibility index (Phi) is 6.74. The fourth-order valence-corrected chi connectivity index (χ4v) is 4.37. The Morgan fingerprint density at radius 2 is 1.91 bits per heavy atom. The molecule has 4 rings (SSSR count). The Balaban J connectivity index is 1.90. The molecule has 0 fully saturated rings. The summed E-state index contributed by atoms with van der Waals surface area (Å²) in [5.74, 6) is 0.180. The minimum Gasteiger partial charge on any atom is -0.496 e. The third-order valence-electron chi connectivity index (χ3n) is 5.33. The number of nitrogens with zero attached hydrogens (tertiary/aromatic N) is 2. The summed E-state index contributed by atoms with van der Waals surface area (Å²) in [6, 6.07) is 14.1. The number of allylic oxidation sites excluding steroid dienone is 1. The normalized spacial score (nSPS) is 15.7. The van der Waals surface area contributed by atoms with Gasteiger partial charge in [0.2, 0.25) is 0 Å². The van der Waals surface area contributed by atoms with Crippen LogP contribution in [0.5, 0.6) is 5.75 Å². The Bertz CT molecular complexity index is 1270. The molecular weight excluding hydrogens is 500 g/mol. The molecule has 1 aromatic heterocycles. The van der Waals surface area contributed by atoms with Gasteiger partial charge in [-0.15, -0.1) is 0 Å². The fourth-order valence-electron chi connectivity index (χ4n) is 3.82. The minimum atomic E-state index is -0.756. The number of carbonyl (C=O) groups is 2. The third-order valence-corrected chi connectivity index (χ3v) is 5.95. The number of hydrogen-bond acceptors (Lipinski definition) is 5. The summed E-state index contributed by atoms with van der Waals surface area (Å²) in [5.41, 5.74) is 3.67. The zero-order chi connectivity index (χ0) is 24.4. The van der Waals surface area contributed by atoms with Crippen LogP contribution in [0, 0.1) is 0 Å². The van der Waals surface area contributed by atoms with Crippen LogP contribution in [-0.4, -0.2) is 35.0 Å². The predicted molar refractivity (Wildman–Crippen MR) is 132 cm³/mol. The number of nitrogens with one attached hydrogen (secondary N) is 2. The first-order valence-electron chi connectivity index (χ1n) is 10.8. The van der Waals surface area contributed by atoms with Crippen LogP contribution in [-0.2, 0) is 9.53 Å². The number of para-hydroxylation sites is 1. The number of rotatable bonds is 6. The molecule has 0 spiro atoms. The Morgan fingerprint density at radius 1 is 1.18 bits per heavy atom. The van der Waals surface area contributed by atoms with E-state index in [4.69, 9.17) is 14.6 Å². The number of methoxy groups -OCH3 is 1. The number of halogens is 1. The van der Waals surface area contributed by atoms with Crippen LogP contribution >= 0.6 is 15.9 Å². The van der Waals surface area contributed by atoms with Crippen molar-refractivity contribution in [3.8, 4) is 22.7 Å². The Labute approximate surface area is 206 Å². The van der Waals surface area contributed by atoms with Gasteiger partial charge in [0.1, 0.15) is 5.75 Å². The van der Waals surface area contributed by atoms with E-state index in [1.54, 1.807) is 32.6 Å². The summed E-state index contributed by atoms with van der Waals surface area (Å²) >= 11 is 3.54. The van der Waals surface area contributed by atoms with E-state index in [-0.39, 0.29) is 6.10 Å². The number of amides is 2. The molecule has 8 nitrogen and oxygen atoms in total. The molecule has 2 heterocycles. The molecule has 1 aliphatic heterocycles. The van der Waals surface area contributed by atoms with Gasteiger partial charge in [0, 0.05) is 23.0 Å². The molecule has 1 aliphatic rings. The van der Waals surface area contributed by atoms with Crippen molar-refractivity contribution in [3.63, 3.8) is 0 Å². The van der Waals surface area contributed by atoms with Crippen molar-refractivity contribution in [2.75, 3.05) is 7.11 Å². The van der Waals surface area contributed by atoms with Gasteiger partial charge < -0.3 is 20.1 Å². The van der Waals surface area contributed by atoms with E-state index in [2.05, 4.69) is 26.6 Å². The Morgan fingerprint density at radius 3 is 2.56 bits per heavy atom. The number of ether oxygens (including phenoxy) is 2. The molecule has 2 amide bonds. The molecule has 0 bridgehead atoms. The number of carbonyl (C=O) groups excluding carboxylic acids is 2. The van der Waals surface area contributed by atoms with Crippen molar-refractivity contribution in [1.29, 1.82) is 0 Å². The molecule has 0 radical (unpaired) electrons. The molecular formula is C25H25BrN4O4. The quantitative estimate of drug-likeness (QED) is 0.447. The highest BCUT2D eigenvalue weighted by molar-refractivity contribution is 9.10. The van der Waals surface area contributed by atoms with Crippen LogP contribution in [0.4, 0.5) is 4.79 Å². The first-order chi connectivity index (χ1) is 16.3. The molecule has 34 heavy (non-hydrogen) atoms. The number of aromatic nitrogens is 2. The molecule has 0 saturated heterocycles. The number of urea groups is 1. The van der Waals surface area contributed by atoms with Crippen molar-refractivity contribution >= 4 is 27.9 Å². The lowest BCUT2D eigenvalue weighted by molar-refractivity contribution is -0.143. The lowest BCUT2D eigenvalue weighted by Crippen LogP contribution is -2.45. The first-order valence-corrected chi connectivity index (χ1v) is 11.6. The lowest BCUT2D eigenvalue weighted by Gasteiger charge is -2.28. The fraction of sp³-hybridized carbons (Fsp3) is 0.240. The maximum atomic E-state index is 13.0. The highest BCUT2D eigenvalue weighted by Gasteiger charge is 2.35. The van der Waals surface area contributed by atoms with Crippen LogP contribution in [0.2, 0.25) is 0 Å². The highest BCUT2D eigenvalue weighted by Crippen LogP contribution is 2.37. The van der Waals surface area contributed by atoms with Crippen LogP contribution < -0.4 is 15.4 Å². The van der Waals surface area contributed by atoms with E-state index in [9.17, 15) is 9.59 Å². The second-order valence-corrected chi connectivity index (χ2v) is 8.94. The molecule has 0 aliphatic carbocycles. The molecule has 176 valence electrons. The van der Waals surface area contributed by atoms with Gasteiger partial charge in [-0.05, 0) is 67.0 Å². The zero-order valence-corrected chi connectivity index (χ0v) is 20.8. The van der Waals surface area contributed by atoms with Crippen LogP contribution in [0.3, 0.4) is 0 Å². The highest BCUT2D eigenvalue weighted by atomic mass is 79.9. The van der Waals surface area contributed by atoms with Crippen molar-refractivity contribution in [2.24, 2.45) is 0 Å². The molecule has 3 aromatic rings. The SMILES string of the molecule is COc1ccc(-c2nn(-c3ccccc3)cc2[C@H]2NC(=O)NC(C)=C2C(=O)OC(C)C)cc1Br. The predicted octanol–water partition coefficient (Wildman–Crippen LogP) is 4.89. The van der Waals surface area contributed by atoms with Gasteiger partial charge in [0.15, 0.2) is 0 Å². The monoisotopic (exact) mass is 524 g/mol. The van der Waals surface area contributed by atoms with E-state index in [0.29, 0.717) is 28.3 Å². The van der Waals surface area contributed by atoms with E-state index in [1.165, 1.54) is 0 Å². The maximum absolute atomic E-state index is 13.0. The smallest absolute Gasteiger partial charge is 0.338 e. The summed E-state index contributed by atoms with van der Waals surface area (Å²) in [6.45, 7) is 5.25. The minimum absolute atomic E-state index is 0.310. The van der Waals surface area contributed by atoms with Gasteiger partial charge in [-0.25, -0.2) is 14.3 Å². The molecule has 1 atom stereocenters. The third kappa shape index (κ3) is 4.70. The van der Waals surface area contributed by atoms with Gasteiger partial charge in [-0.1, -0.05) is 18.2 Å².